The lowest BCUT2D eigenvalue weighted by atomic mass is 9.63. The molecule has 0 aliphatic heterocycles. The van der Waals surface area contributed by atoms with Crippen LogP contribution >= 0.6 is 11.3 Å². The highest BCUT2D eigenvalue weighted by Crippen LogP contribution is 2.47. The Morgan fingerprint density at radius 2 is 1.54 bits per heavy atom. The number of hydrogen-bond donors (Lipinski definition) is 1. The van der Waals surface area contributed by atoms with Crippen molar-refractivity contribution < 1.29 is 9.90 Å². The Hall–Kier alpha value is -2.46. The molecule has 28 heavy (non-hydrogen) atoms. The van der Waals surface area contributed by atoms with Gasteiger partial charge < -0.3 is 5.11 Å². The molecule has 0 saturated heterocycles. The van der Waals surface area contributed by atoms with Crippen LogP contribution in [0.4, 0.5) is 0 Å². The number of thiazole rings is 1. The van der Waals surface area contributed by atoms with E-state index in [2.05, 4.69) is 50.9 Å². The average molecular weight is 392 g/mol. The lowest BCUT2D eigenvalue weighted by Gasteiger charge is -2.42. The summed E-state index contributed by atoms with van der Waals surface area (Å²) in [5, 5.41) is 9.97. The predicted octanol–water partition coefficient (Wildman–Crippen LogP) is 6.52. The summed E-state index contributed by atoms with van der Waals surface area (Å²) in [6.07, 6.45) is 4.33. The van der Waals surface area contributed by atoms with Crippen molar-refractivity contribution in [1.29, 1.82) is 0 Å². The van der Waals surface area contributed by atoms with Crippen molar-refractivity contribution in [2.75, 3.05) is 0 Å². The van der Waals surface area contributed by atoms with E-state index >= 15 is 0 Å². The second kappa shape index (κ2) is 6.56. The molecule has 1 aliphatic rings. The number of benzene rings is 2. The largest absolute Gasteiger partial charge is 0.478 e. The van der Waals surface area contributed by atoms with Crippen LogP contribution in [0.3, 0.4) is 0 Å². The van der Waals surface area contributed by atoms with Gasteiger partial charge in [0.2, 0.25) is 0 Å². The Balaban J connectivity index is 1.71. The number of nitrogens with zero attached hydrogens (tertiary/aromatic N) is 1. The highest BCUT2D eigenvalue weighted by Gasteiger charge is 2.37. The smallest absolute Gasteiger partial charge is 0.335 e. The first-order valence-corrected chi connectivity index (χ1v) is 10.4. The second-order valence-electron chi connectivity index (χ2n) is 8.94. The van der Waals surface area contributed by atoms with Crippen LogP contribution in [0.15, 0.2) is 48.7 Å². The Kier molecular flexibility index (Phi) is 4.42. The van der Waals surface area contributed by atoms with E-state index in [1.54, 1.807) is 23.5 Å². The zero-order valence-corrected chi connectivity index (χ0v) is 17.6. The maximum atomic E-state index is 11.0. The first kappa shape index (κ1) is 18.9. The monoisotopic (exact) mass is 391 g/mol. The topological polar surface area (TPSA) is 50.2 Å². The molecule has 4 heteroatoms. The maximum absolute atomic E-state index is 11.0. The van der Waals surface area contributed by atoms with Gasteiger partial charge >= 0.3 is 5.97 Å². The van der Waals surface area contributed by atoms with E-state index in [-0.39, 0.29) is 10.8 Å². The molecule has 0 unspecified atom stereocenters. The fourth-order valence-corrected chi connectivity index (χ4v) is 4.96. The van der Waals surface area contributed by atoms with E-state index in [1.165, 1.54) is 29.5 Å². The first-order chi connectivity index (χ1) is 13.2. The number of aromatic nitrogens is 1. The highest BCUT2D eigenvalue weighted by atomic mass is 32.1. The molecule has 0 saturated carbocycles. The van der Waals surface area contributed by atoms with Gasteiger partial charge in [-0.25, -0.2) is 9.78 Å². The van der Waals surface area contributed by atoms with Crippen LogP contribution in [0.5, 0.6) is 0 Å². The van der Waals surface area contributed by atoms with Crippen molar-refractivity contribution in [3.05, 3.63) is 65.4 Å². The molecule has 0 amide bonds. The van der Waals surface area contributed by atoms with Crippen molar-refractivity contribution >= 4 is 17.3 Å². The van der Waals surface area contributed by atoms with Crippen LogP contribution in [0.2, 0.25) is 0 Å². The van der Waals surface area contributed by atoms with Crippen molar-refractivity contribution in [1.82, 2.24) is 4.98 Å². The fourth-order valence-electron chi connectivity index (χ4n) is 4.04. The predicted molar refractivity (Wildman–Crippen MR) is 115 cm³/mol. The number of rotatable bonds is 3. The molecule has 0 spiro atoms. The molecule has 1 aliphatic carbocycles. The zero-order chi connectivity index (χ0) is 20.1. The number of carbonyl (C=O) groups is 1. The van der Waals surface area contributed by atoms with E-state index in [0.717, 1.165) is 15.4 Å². The molecule has 1 N–H and O–H groups in total. The minimum Gasteiger partial charge on any atom is -0.478 e. The molecule has 0 bridgehead atoms. The molecule has 0 fully saturated rings. The molecule has 3 nitrogen and oxygen atoms in total. The van der Waals surface area contributed by atoms with Gasteiger partial charge in [0.15, 0.2) is 0 Å². The summed E-state index contributed by atoms with van der Waals surface area (Å²) in [7, 11) is 0. The number of fused-ring (bicyclic) bond motifs is 1. The van der Waals surface area contributed by atoms with Crippen LogP contribution in [-0.2, 0) is 10.8 Å². The van der Waals surface area contributed by atoms with E-state index < -0.39 is 5.97 Å². The SMILES string of the molecule is CC1(C)CCC(C)(C)c2cc(-c3cnc(-c4ccc(C(=O)O)cc4)s3)ccc21. The van der Waals surface area contributed by atoms with Gasteiger partial charge in [-0.05, 0) is 58.6 Å². The van der Waals surface area contributed by atoms with Crippen LogP contribution in [-0.4, -0.2) is 16.1 Å². The summed E-state index contributed by atoms with van der Waals surface area (Å²) in [5.74, 6) is -0.911. The zero-order valence-electron chi connectivity index (χ0n) is 16.7. The van der Waals surface area contributed by atoms with Crippen LogP contribution in [0.25, 0.3) is 21.0 Å². The summed E-state index contributed by atoms with van der Waals surface area (Å²) < 4.78 is 0. The minimum absolute atomic E-state index is 0.182. The van der Waals surface area contributed by atoms with Gasteiger partial charge in [-0.2, -0.15) is 0 Å². The molecule has 3 aromatic rings. The fraction of sp³-hybridized carbons (Fsp3) is 0.333. The van der Waals surface area contributed by atoms with Crippen molar-refractivity contribution in [2.45, 2.75) is 51.4 Å². The number of aromatic carboxylic acids is 1. The number of hydrogen-bond acceptors (Lipinski definition) is 3. The first-order valence-electron chi connectivity index (χ1n) is 9.62. The Bertz CT molecular complexity index is 1040. The molecule has 1 heterocycles. The average Bonchev–Trinajstić information content (AvgIpc) is 3.15. The molecule has 2 aromatic carbocycles. The molecular weight excluding hydrogens is 366 g/mol. The molecule has 144 valence electrons. The molecular formula is C24H25NO2S. The normalized spacial score (nSPS) is 17.1. The summed E-state index contributed by atoms with van der Waals surface area (Å²) in [6, 6.07) is 13.8. The molecule has 4 rings (SSSR count). The third-order valence-corrected chi connectivity index (χ3v) is 7.12. The van der Waals surface area contributed by atoms with Gasteiger partial charge in [0.05, 0.1) is 10.4 Å². The van der Waals surface area contributed by atoms with E-state index in [1.807, 2.05) is 18.3 Å². The standard InChI is InChI=1S/C24H25NO2S/c1-23(2)11-12-24(3,4)19-13-17(9-10-18(19)23)20-14-25-21(28-20)15-5-7-16(8-6-15)22(26)27/h5-10,13-14H,11-12H2,1-4H3,(H,26,27). The summed E-state index contributed by atoms with van der Waals surface area (Å²) in [5.41, 5.74) is 5.74. The number of carboxylic acids is 1. The lowest BCUT2D eigenvalue weighted by Crippen LogP contribution is -2.33. The van der Waals surface area contributed by atoms with Gasteiger partial charge in [0.1, 0.15) is 5.01 Å². The van der Waals surface area contributed by atoms with Gasteiger partial charge in [0.25, 0.3) is 0 Å². The van der Waals surface area contributed by atoms with Crippen LogP contribution < -0.4 is 0 Å². The van der Waals surface area contributed by atoms with Gasteiger partial charge in [-0.3, -0.25) is 0 Å². The van der Waals surface area contributed by atoms with E-state index in [9.17, 15) is 4.79 Å². The van der Waals surface area contributed by atoms with Crippen molar-refractivity contribution in [3.63, 3.8) is 0 Å². The lowest BCUT2D eigenvalue weighted by molar-refractivity contribution is 0.0697. The number of carboxylic acid groups (broad SMARTS) is 1. The second-order valence-corrected chi connectivity index (χ2v) is 9.97. The molecule has 0 radical (unpaired) electrons. The van der Waals surface area contributed by atoms with Gasteiger partial charge in [0, 0.05) is 11.8 Å². The van der Waals surface area contributed by atoms with E-state index in [0.29, 0.717) is 5.56 Å². The Morgan fingerprint density at radius 1 is 0.929 bits per heavy atom. The third-order valence-electron chi connectivity index (χ3n) is 6.02. The molecule has 1 aromatic heterocycles. The van der Waals surface area contributed by atoms with Crippen LogP contribution in [0, 0.1) is 0 Å². The molecule has 0 atom stereocenters. The van der Waals surface area contributed by atoms with Crippen LogP contribution in [0.1, 0.15) is 62.0 Å². The van der Waals surface area contributed by atoms with Gasteiger partial charge in [-0.15, -0.1) is 11.3 Å². The highest BCUT2D eigenvalue weighted by molar-refractivity contribution is 7.18. The maximum Gasteiger partial charge on any atom is 0.335 e. The van der Waals surface area contributed by atoms with E-state index in [4.69, 9.17) is 5.11 Å². The summed E-state index contributed by atoms with van der Waals surface area (Å²) >= 11 is 1.65. The third kappa shape index (κ3) is 3.26. The Morgan fingerprint density at radius 3 is 2.18 bits per heavy atom. The quantitative estimate of drug-likeness (QED) is 0.552. The Labute approximate surface area is 170 Å². The van der Waals surface area contributed by atoms with Gasteiger partial charge in [-0.1, -0.05) is 52.0 Å². The van der Waals surface area contributed by atoms with Crippen molar-refractivity contribution in [2.24, 2.45) is 0 Å². The summed E-state index contributed by atoms with van der Waals surface area (Å²) in [4.78, 5) is 16.8. The summed E-state index contributed by atoms with van der Waals surface area (Å²) in [6.45, 7) is 9.36. The minimum atomic E-state index is -0.911. The van der Waals surface area contributed by atoms with Crippen molar-refractivity contribution in [3.8, 4) is 21.0 Å².